The predicted octanol–water partition coefficient (Wildman–Crippen LogP) is 1.77. The number of hydrogen-bond acceptors (Lipinski definition) is 2. The van der Waals surface area contributed by atoms with Crippen molar-refractivity contribution in [3.8, 4) is 0 Å². The summed E-state index contributed by atoms with van der Waals surface area (Å²) < 4.78 is 13.3. The molecule has 1 atom stereocenters. The molecular weight excluding hydrogens is 247 g/mol. The number of anilines is 1. The molecule has 0 aliphatic carbocycles. The number of rotatable bonds is 3. The van der Waals surface area contributed by atoms with Crippen LogP contribution in [-0.4, -0.2) is 24.4 Å². The van der Waals surface area contributed by atoms with E-state index in [2.05, 4.69) is 5.32 Å². The SMILES string of the molecule is CCCC1NC(=O)CN(c2cc(F)ccc2C)C1=O. The van der Waals surface area contributed by atoms with Crippen LogP contribution in [0.25, 0.3) is 0 Å². The summed E-state index contributed by atoms with van der Waals surface area (Å²) in [5, 5.41) is 2.68. The number of piperazine rings is 1. The summed E-state index contributed by atoms with van der Waals surface area (Å²) in [4.78, 5) is 25.4. The van der Waals surface area contributed by atoms with Gasteiger partial charge in [-0.25, -0.2) is 4.39 Å². The largest absolute Gasteiger partial charge is 0.343 e. The number of nitrogens with one attached hydrogen (secondary N) is 1. The normalized spacial score (nSPS) is 19.5. The molecule has 0 saturated carbocycles. The molecule has 102 valence electrons. The highest BCUT2D eigenvalue weighted by atomic mass is 19.1. The Balaban J connectivity index is 2.34. The minimum atomic E-state index is -0.506. The first-order valence-electron chi connectivity index (χ1n) is 6.39. The van der Waals surface area contributed by atoms with Crippen molar-refractivity contribution in [3.05, 3.63) is 29.6 Å². The lowest BCUT2D eigenvalue weighted by Crippen LogP contribution is -2.58. The molecule has 1 aliphatic heterocycles. The Morgan fingerprint density at radius 3 is 2.84 bits per heavy atom. The summed E-state index contributed by atoms with van der Waals surface area (Å²) in [6.45, 7) is 3.69. The summed E-state index contributed by atoms with van der Waals surface area (Å²) in [6, 6.07) is 3.75. The van der Waals surface area contributed by atoms with Crippen LogP contribution in [0.5, 0.6) is 0 Å². The molecule has 4 nitrogen and oxygen atoms in total. The molecule has 0 radical (unpaired) electrons. The van der Waals surface area contributed by atoms with Crippen LogP contribution >= 0.6 is 0 Å². The third kappa shape index (κ3) is 2.75. The monoisotopic (exact) mass is 264 g/mol. The van der Waals surface area contributed by atoms with Crippen molar-refractivity contribution in [2.24, 2.45) is 0 Å². The van der Waals surface area contributed by atoms with E-state index in [0.717, 1.165) is 12.0 Å². The van der Waals surface area contributed by atoms with Crippen molar-refractivity contribution in [2.45, 2.75) is 32.7 Å². The average molecular weight is 264 g/mol. The molecule has 1 N–H and O–H groups in total. The highest BCUT2D eigenvalue weighted by molar-refractivity contribution is 6.06. The zero-order valence-corrected chi connectivity index (χ0v) is 11.1. The number of hydrogen-bond donors (Lipinski definition) is 1. The van der Waals surface area contributed by atoms with Crippen LogP contribution in [0.2, 0.25) is 0 Å². The number of aryl methyl sites for hydroxylation is 1. The van der Waals surface area contributed by atoms with Gasteiger partial charge in [0.15, 0.2) is 0 Å². The van der Waals surface area contributed by atoms with E-state index in [-0.39, 0.29) is 18.4 Å². The Morgan fingerprint density at radius 2 is 2.16 bits per heavy atom. The second kappa shape index (κ2) is 5.38. The average Bonchev–Trinajstić information content (AvgIpc) is 2.37. The van der Waals surface area contributed by atoms with Crippen LogP contribution < -0.4 is 10.2 Å². The van der Waals surface area contributed by atoms with E-state index < -0.39 is 11.9 Å². The van der Waals surface area contributed by atoms with Crippen LogP contribution in [0.3, 0.4) is 0 Å². The number of benzene rings is 1. The van der Waals surface area contributed by atoms with Crippen LogP contribution in [0.15, 0.2) is 18.2 Å². The van der Waals surface area contributed by atoms with Crippen molar-refractivity contribution in [2.75, 3.05) is 11.4 Å². The smallest absolute Gasteiger partial charge is 0.250 e. The predicted molar refractivity (Wildman–Crippen MR) is 70.3 cm³/mol. The molecule has 1 aromatic carbocycles. The lowest BCUT2D eigenvalue weighted by Gasteiger charge is -2.33. The molecule has 1 saturated heterocycles. The van der Waals surface area contributed by atoms with Crippen molar-refractivity contribution in [3.63, 3.8) is 0 Å². The molecule has 2 rings (SSSR count). The van der Waals surface area contributed by atoms with Crippen LogP contribution in [0.1, 0.15) is 25.3 Å². The van der Waals surface area contributed by atoms with Gasteiger partial charge < -0.3 is 10.2 Å². The number of carbonyl (C=O) groups is 2. The van der Waals surface area contributed by atoms with E-state index in [1.807, 2.05) is 6.92 Å². The molecular formula is C14H17FN2O2. The zero-order chi connectivity index (χ0) is 14.0. The van der Waals surface area contributed by atoms with Gasteiger partial charge in [-0.2, -0.15) is 0 Å². The van der Waals surface area contributed by atoms with Gasteiger partial charge >= 0.3 is 0 Å². The Hall–Kier alpha value is -1.91. The van der Waals surface area contributed by atoms with Crippen molar-refractivity contribution < 1.29 is 14.0 Å². The molecule has 2 amide bonds. The first-order chi connectivity index (χ1) is 9.02. The standard InChI is InChI=1S/C14H17FN2O2/c1-3-4-11-14(19)17(8-13(18)16-11)12-7-10(15)6-5-9(12)2/h5-7,11H,3-4,8H2,1-2H3,(H,16,18). The fourth-order valence-corrected chi connectivity index (χ4v) is 2.27. The molecule has 0 spiro atoms. The van der Waals surface area contributed by atoms with Gasteiger partial charge in [-0.3, -0.25) is 9.59 Å². The number of amides is 2. The van der Waals surface area contributed by atoms with E-state index in [1.165, 1.54) is 17.0 Å². The third-order valence-corrected chi connectivity index (χ3v) is 3.24. The molecule has 1 heterocycles. The second-order valence-corrected chi connectivity index (χ2v) is 4.76. The fourth-order valence-electron chi connectivity index (χ4n) is 2.27. The zero-order valence-electron chi connectivity index (χ0n) is 11.1. The molecule has 19 heavy (non-hydrogen) atoms. The van der Waals surface area contributed by atoms with Crippen molar-refractivity contribution >= 4 is 17.5 Å². The highest BCUT2D eigenvalue weighted by Gasteiger charge is 2.33. The number of carbonyl (C=O) groups excluding carboxylic acids is 2. The summed E-state index contributed by atoms with van der Waals surface area (Å²) in [6.07, 6.45) is 1.39. The maximum Gasteiger partial charge on any atom is 0.250 e. The maximum atomic E-state index is 13.3. The summed E-state index contributed by atoms with van der Waals surface area (Å²) >= 11 is 0. The topological polar surface area (TPSA) is 49.4 Å². The van der Waals surface area contributed by atoms with E-state index in [4.69, 9.17) is 0 Å². The van der Waals surface area contributed by atoms with Gasteiger partial charge in [0.05, 0.1) is 5.69 Å². The van der Waals surface area contributed by atoms with Gasteiger partial charge in [0, 0.05) is 0 Å². The van der Waals surface area contributed by atoms with Crippen LogP contribution in [0, 0.1) is 12.7 Å². The summed E-state index contributed by atoms with van der Waals surface area (Å²) in [5.41, 5.74) is 1.25. The Labute approximate surface area is 111 Å². The number of nitrogens with zero attached hydrogens (tertiary/aromatic N) is 1. The van der Waals surface area contributed by atoms with Gasteiger partial charge in [0.1, 0.15) is 18.4 Å². The Bertz CT molecular complexity index is 516. The van der Waals surface area contributed by atoms with Gasteiger partial charge in [-0.05, 0) is 31.0 Å². The molecule has 1 unspecified atom stereocenters. The highest BCUT2D eigenvalue weighted by Crippen LogP contribution is 2.24. The van der Waals surface area contributed by atoms with Crippen LogP contribution in [0.4, 0.5) is 10.1 Å². The van der Waals surface area contributed by atoms with Crippen molar-refractivity contribution in [1.82, 2.24) is 5.32 Å². The van der Waals surface area contributed by atoms with E-state index >= 15 is 0 Å². The molecule has 5 heteroatoms. The molecule has 0 aromatic heterocycles. The van der Waals surface area contributed by atoms with Gasteiger partial charge in [0.2, 0.25) is 11.8 Å². The van der Waals surface area contributed by atoms with Gasteiger partial charge in [0.25, 0.3) is 0 Å². The Kier molecular flexibility index (Phi) is 3.83. The maximum absolute atomic E-state index is 13.3. The molecule has 1 fully saturated rings. The minimum Gasteiger partial charge on any atom is -0.343 e. The molecule has 1 aromatic rings. The van der Waals surface area contributed by atoms with Gasteiger partial charge in [-0.15, -0.1) is 0 Å². The third-order valence-electron chi connectivity index (χ3n) is 3.24. The lowest BCUT2D eigenvalue weighted by atomic mass is 10.1. The second-order valence-electron chi connectivity index (χ2n) is 4.76. The summed E-state index contributed by atoms with van der Waals surface area (Å²) in [7, 11) is 0. The van der Waals surface area contributed by atoms with Gasteiger partial charge in [-0.1, -0.05) is 19.4 Å². The molecule has 0 bridgehead atoms. The van der Waals surface area contributed by atoms with E-state index in [0.29, 0.717) is 12.1 Å². The van der Waals surface area contributed by atoms with Crippen LogP contribution in [-0.2, 0) is 9.59 Å². The quantitative estimate of drug-likeness (QED) is 0.904. The lowest BCUT2D eigenvalue weighted by molar-refractivity contribution is -0.131. The van der Waals surface area contributed by atoms with Crippen molar-refractivity contribution in [1.29, 1.82) is 0 Å². The Morgan fingerprint density at radius 1 is 1.42 bits per heavy atom. The summed E-state index contributed by atoms with van der Waals surface area (Å²) in [5.74, 6) is -0.789. The minimum absolute atomic E-state index is 0.0522. The fraction of sp³-hybridized carbons (Fsp3) is 0.429. The van der Waals surface area contributed by atoms with E-state index in [9.17, 15) is 14.0 Å². The first kappa shape index (κ1) is 13.5. The first-order valence-corrected chi connectivity index (χ1v) is 6.39. The molecule has 1 aliphatic rings. The number of halogens is 1. The van der Waals surface area contributed by atoms with E-state index in [1.54, 1.807) is 13.0 Å².